The van der Waals surface area contributed by atoms with Gasteiger partial charge in [0, 0.05) is 49.1 Å². The van der Waals surface area contributed by atoms with Crippen LogP contribution in [0.15, 0.2) is 60.7 Å². The van der Waals surface area contributed by atoms with Crippen molar-refractivity contribution in [2.75, 3.05) is 31.1 Å². The van der Waals surface area contributed by atoms with Gasteiger partial charge < -0.3 is 15.0 Å². The Morgan fingerprint density at radius 3 is 1.92 bits per heavy atom. The highest BCUT2D eigenvalue weighted by Crippen LogP contribution is 2.36. The number of carbonyl (C=O) groups is 1. The van der Waals surface area contributed by atoms with Crippen LogP contribution in [-0.4, -0.2) is 68.6 Å². The number of amides is 1. The van der Waals surface area contributed by atoms with Crippen LogP contribution < -0.4 is 4.90 Å². The van der Waals surface area contributed by atoms with Crippen LogP contribution in [0.5, 0.6) is 0 Å². The number of aromatic nitrogens is 2. The van der Waals surface area contributed by atoms with Gasteiger partial charge in [0.15, 0.2) is 0 Å². The summed E-state index contributed by atoms with van der Waals surface area (Å²) < 4.78 is 0. The average Bonchev–Trinajstić information content (AvgIpc) is 3.16. The number of hydrogen-bond acceptors (Lipinski definition) is 5. The average molecular weight is 488 g/mol. The Hall–Kier alpha value is -3.32. The fourth-order valence-corrected chi connectivity index (χ4v) is 6.02. The lowest BCUT2D eigenvalue weighted by molar-refractivity contribution is 0.0176. The molecule has 2 aromatic carbocycles. The molecule has 3 heterocycles. The molecular weight excluding hydrogens is 450 g/mol. The topological polar surface area (TPSA) is 64.8 Å². The second-order valence-electron chi connectivity index (χ2n) is 10.5. The van der Waals surface area contributed by atoms with Gasteiger partial charge in [0.25, 0.3) is 5.91 Å². The Morgan fingerprint density at radius 1 is 0.917 bits per heavy atom. The molecule has 5 rings (SSSR count). The largest absolute Gasteiger partial charge is 0.411 e. The van der Waals surface area contributed by atoms with Gasteiger partial charge in [-0.15, -0.1) is 9.94 Å². The van der Waals surface area contributed by atoms with Crippen molar-refractivity contribution in [1.29, 1.82) is 0 Å². The van der Waals surface area contributed by atoms with E-state index in [1.807, 2.05) is 4.90 Å². The first-order valence-corrected chi connectivity index (χ1v) is 13.1. The maximum absolute atomic E-state index is 13.2. The van der Waals surface area contributed by atoms with Gasteiger partial charge in [-0.1, -0.05) is 36.4 Å². The van der Waals surface area contributed by atoms with E-state index in [0.717, 1.165) is 56.7 Å². The fraction of sp³-hybridized carbons (Fsp3) is 0.448. The lowest BCUT2D eigenvalue weighted by Crippen LogP contribution is -2.57. The third-order valence-electron chi connectivity index (χ3n) is 8.27. The number of hydrogen-bond donors (Lipinski definition) is 1. The zero-order valence-electron chi connectivity index (χ0n) is 21.6. The minimum atomic E-state index is -0.0209. The van der Waals surface area contributed by atoms with Gasteiger partial charge in [-0.05, 0) is 70.7 Å². The van der Waals surface area contributed by atoms with Crippen molar-refractivity contribution >= 4 is 17.3 Å². The molecule has 0 spiro atoms. The molecule has 2 aliphatic heterocycles. The lowest BCUT2D eigenvalue weighted by Gasteiger charge is -2.50. The maximum atomic E-state index is 13.2. The summed E-state index contributed by atoms with van der Waals surface area (Å²) in [5.74, 6) is -0.0209. The van der Waals surface area contributed by atoms with E-state index in [1.54, 1.807) is 13.8 Å². The van der Waals surface area contributed by atoms with Crippen LogP contribution >= 0.6 is 0 Å². The van der Waals surface area contributed by atoms with E-state index in [2.05, 4.69) is 82.5 Å². The number of rotatable bonds is 5. The summed E-state index contributed by atoms with van der Waals surface area (Å²) >= 11 is 0. The number of para-hydroxylation sites is 2. The Balaban J connectivity index is 1.23. The van der Waals surface area contributed by atoms with Crippen molar-refractivity contribution in [3.8, 4) is 0 Å². The van der Waals surface area contributed by atoms with E-state index < -0.39 is 0 Å². The number of anilines is 2. The number of benzene rings is 2. The quantitative estimate of drug-likeness (QED) is 0.511. The number of likely N-dealkylation sites (tertiary alicyclic amines) is 2. The van der Waals surface area contributed by atoms with E-state index in [0.29, 0.717) is 23.0 Å². The van der Waals surface area contributed by atoms with Gasteiger partial charge in [-0.3, -0.25) is 9.69 Å². The highest BCUT2D eigenvalue weighted by molar-refractivity contribution is 5.96. The molecule has 7 nitrogen and oxygen atoms in total. The standard InChI is InChI=1S/C29H37N5O2/c1-22-27(23(2)34(36)30-22)28(35)31-20-16-29(3,17-21-31)32-18-14-26(15-19-32)33(24-10-6-4-7-11-24)25-12-8-5-9-13-25/h4-13,26,36H,14-21H2,1-3H3. The van der Waals surface area contributed by atoms with Crippen LogP contribution in [0, 0.1) is 13.8 Å². The van der Waals surface area contributed by atoms with Crippen molar-refractivity contribution in [3.63, 3.8) is 0 Å². The van der Waals surface area contributed by atoms with E-state index in [4.69, 9.17) is 0 Å². The van der Waals surface area contributed by atoms with Crippen molar-refractivity contribution in [3.05, 3.63) is 77.6 Å². The summed E-state index contributed by atoms with van der Waals surface area (Å²) in [5.41, 5.74) is 4.21. The monoisotopic (exact) mass is 487 g/mol. The first-order valence-electron chi connectivity index (χ1n) is 13.1. The van der Waals surface area contributed by atoms with Crippen molar-refractivity contribution in [2.24, 2.45) is 0 Å². The molecule has 190 valence electrons. The van der Waals surface area contributed by atoms with Crippen LogP contribution in [0.25, 0.3) is 0 Å². The fourth-order valence-electron chi connectivity index (χ4n) is 6.02. The molecule has 3 aromatic rings. The smallest absolute Gasteiger partial charge is 0.257 e. The first-order chi connectivity index (χ1) is 17.4. The second kappa shape index (κ2) is 9.97. The molecule has 2 fully saturated rings. The van der Waals surface area contributed by atoms with E-state index in [9.17, 15) is 10.0 Å². The van der Waals surface area contributed by atoms with E-state index in [1.165, 1.54) is 11.4 Å². The molecule has 0 atom stereocenters. The maximum Gasteiger partial charge on any atom is 0.257 e. The molecule has 0 bridgehead atoms. The molecule has 2 saturated heterocycles. The molecule has 1 N–H and O–H groups in total. The van der Waals surface area contributed by atoms with E-state index in [-0.39, 0.29) is 11.4 Å². The summed E-state index contributed by atoms with van der Waals surface area (Å²) in [6.07, 6.45) is 4.12. The molecule has 0 radical (unpaired) electrons. The molecule has 0 unspecified atom stereocenters. The van der Waals surface area contributed by atoms with Gasteiger partial charge in [-0.25, -0.2) is 0 Å². The highest BCUT2D eigenvalue weighted by Gasteiger charge is 2.40. The molecule has 36 heavy (non-hydrogen) atoms. The number of aryl methyl sites for hydroxylation is 1. The molecule has 7 heteroatoms. The summed E-state index contributed by atoms with van der Waals surface area (Å²) in [5, 5.41) is 13.9. The normalized spacial score (nSPS) is 18.8. The van der Waals surface area contributed by atoms with Crippen molar-refractivity contribution in [2.45, 2.75) is 58.0 Å². The Morgan fingerprint density at radius 2 is 1.44 bits per heavy atom. The Kier molecular flexibility index (Phi) is 6.75. The summed E-state index contributed by atoms with van der Waals surface area (Å²) in [4.78, 5) is 21.1. The van der Waals surface area contributed by atoms with Crippen LogP contribution in [0.4, 0.5) is 11.4 Å². The molecule has 0 aliphatic carbocycles. The zero-order valence-corrected chi connectivity index (χ0v) is 21.6. The molecule has 1 amide bonds. The van der Waals surface area contributed by atoms with Crippen molar-refractivity contribution in [1.82, 2.24) is 19.7 Å². The van der Waals surface area contributed by atoms with Gasteiger partial charge in [0.05, 0.1) is 17.0 Å². The third kappa shape index (κ3) is 4.60. The lowest BCUT2D eigenvalue weighted by atomic mass is 9.85. The Bertz CT molecular complexity index is 1140. The second-order valence-corrected chi connectivity index (χ2v) is 10.5. The van der Waals surface area contributed by atoms with Crippen LogP contribution in [0.1, 0.15) is 54.4 Å². The minimum Gasteiger partial charge on any atom is -0.411 e. The van der Waals surface area contributed by atoms with Crippen LogP contribution in [0.3, 0.4) is 0 Å². The number of nitrogens with zero attached hydrogens (tertiary/aromatic N) is 5. The number of piperidine rings is 2. The molecule has 2 aliphatic rings. The van der Waals surface area contributed by atoms with Crippen LogP contribution in [-0.2, 0) is 0 Å². The predicted octanol–water partition coefficient (Wildman–Crippen LogP) is 5.03. The first kappa shape index (κ1) is 24.4. The summed E-state index contributed by atoms with van der Waals surface area (Å²) in [7, 11) is 0. The molecular formula is C29H37N5O2. The summed E-state index contributed by atoms with van der Waals surface area (Å²) in [6, 6.07) is 21.9. The predicted molar refractivity (Wildman–Crippen MR) is 142 cm³/mol. The zero-order chi connectivity index (χ0) is 25.3. The van der Waals surface area contributed by atoms with Crippen molar-refractivity contribution < 1.29 is 10.0 Å². The highest BCUT2D eigenvalue weighted by atomic mass is 16.5. The SMILES string of the molecule is Cc1nn(O)c(C)c1C(=O)N1CCC(C)(N2CCC(N(c3ccccc3)c3ccccc3)CC2)CC1. The van der Waals surface area contributed by atoms with Crippen LogP contribution in [0.2, 0.25) is 0 Å². The summed E-state index contributed by atoms with van der Waals surface area (Å²) in [6.45, 7) is 9.44. The molecule has 1 aromatic heterocycles. The van der Waals surface area contributed by atoms with Gasteiger partial charge in [-0.2, -0.15) is 0 Å². The third-order valence-corrected chi connectivity index (χ3v) is 8.27. The van der Waals surface area contributed by atoms with Gasteiger partial charge in [0.2, 0.25) is 0 Å². The number of carbonyl (C=O) groups excluding carboxylic acids is 1. The van der Waals surface area contributed by atoms with Gasteiger partial charge >= 0.3 is 0 Å². The van der Waals surface area contributed by atoms with Gasteiger partial charge in [0.1, 0.15) is 0 Å². The van der Waals surface area contributed by atoms with E-state index >= 15 is 0 Å². The molecule has 0 saturated carbocycles. The Labute approximate surface area is 213 Å². The minimum absolute atomic E-state index is 0.0209.